The molecule has 0 spiro atoms. The highest BCUT2D eigenvalue weighted by molar-refractivity contribution is 5.94. The SMILES string of the molecule is Cn1ccc(C(=O)N2CCC(C(O)Cc3ccccc3)CC2)cc1=O. The molecule has 3 rings (SSSR count). The molecule has 0 saturated carbocycles. The third-order valence-corrected chi connectivity index (χ3v) is 5.01. The summed E-state index contributed by atoms with van der Waals surface area (Å²) in [6.07, 6.45) is 3.44. The number of piperidine rings is 1. The van der Waals surface area contributed by atoms with Gasteiger partial charge in [-0.05, 0) is 36.8 Å². The molecule has 132 valence electrons. The number of aliphatic hydroxyl groups excluding tert-OH is 1. The van der Waals surface area contributed by atoms with Crippen LogP contribution in [0.15, 0.2) is 53.5 Å². The van der Waals surface area contributed by atoms with E-state index in [4.69, 9.17) is 0 Å². The zero-order chi connectivity index (χ0) is 17.8. The van der Waals surface area contributed by atoms with Crippen LogP contribution in [0.5, 0.6) is 0 Å². The van der Waals surface area contributed by atoms with Gasteiger partial charge in [-0.2, -0.15) is 0 Å². The van der Waals surface area contributed by atoms with Crippen molar-refractivity contribution in [3.05, 3.63) is 70.1 Å². The summed E-state index contributed by atoms with van der Waals surface area (Å²) >= 11 is 0. The molecular weight excluding hydrogens is 316 g/mol. The van der Waals surface area contributed by atoms with Crippen molar-refractivity contribution >= 4 is 5.91 Å². The van der Waals surface area contributed by atoms with Crippen LogP contribution in [0.3, 0.4) is 0 Å². The number of hydrogen-bond donors (Lipinski definition) is 1. The molecule has 5 heteroatoms. The van der Waals surface area contributed by atoms with Crippen LogP contribution < -0.4 is 5.56 Å². The van der Waals surface area contributed by atoms with Crippen LogP contribution >= 0.6 is 0 Å². The summed E-state index contributed by atoms with van der Waals surface area (Å²) in [5.41, 5.74) is 1.39. The number of aryl methyl sites for hydroxylation is 1. The normalized spacial score (nSPS) is 16.6. The molecule has 1 aromatic heterocycles. The molecule has 5 nitrogen and oxygen atoms in total. The Hall–Kier alpha value is -2.40. The monoisotopic (exact) mass is 340 g/mol. The summed E-state index contributed by atoms with van der Waals surface area (Å²) in [5.74, 6) is 0.0987. The van der Waals surface area contributed by atoms with Crippen molar-refractivity contribution in [3.63, 3.8) is 0 Å². The third-order valence-electron chi connectivity index (χ3n) is 5.01. The van der Waals surface area contributed by atoms with E-state index in [1.807, 2.05) is 30.3 Å². The fourth-order valence-corrected chi connectivity index (χ4v) is 3.37. The fraction of sp³-hybridized carbons (Fsp3) is 0.400. The largest absolute Gasteiger partial charge is 0.392 e. The molecule has 1 amide bonds. The number of rotatable bonds is 4. The van der Waals surface area contributed by atoms with E-state index in [0.717, 1.165) is 18.4 Å². The number of amides is 1. The first-order valence-electron chi connectivity index (χ1n) is 8.72. The Labute approximate surface area is 147 Å². The Morgan fingerprint density at radius 3 is 2.52 bits per heavy atom. The molecule has 1 N–H and O–H groups in total. The Bertz CT molecular complexity index is 777. The molecule has 0 bridgehead atoms. The quantitative estimate of drug-likeness (QED) is 0.924. The van der Waals surface area contributed by atoms with E-state index in [1.165, 1.54) is 10.6 Å². The molecule has 1 atom stereocenters. The van der Waals surface area contributed by atoms with Crippen LogP contribution in [0.1, 0.15) is 28.8 Å². The van der Waals surface area contributed by atoms with Crippen LogP contribution in [-0.2, 0) is 13.5 Å². The van der Waals surface area contributed by atoms with Crippen LogP contribution in [-0.4, -0.2) is 39.7 Å². The van der Waals surface area contributed by atoms with E-state index >= 15 is 0 Å². The minimum absolute atomic E-state index is 0.103. The Morgan fingerprint density at radius 2 is 1.88 bits per heavy atom. The average molecular weight is 340 g/mol. The summed E-state index contributed by atoms with van der Waals surface area (Å²) < 4.78 is 1.45. The van der Waals surface area contributed by atoms with Crippen LogP contribution in [0.2, 0.25) is 0 Å². The Morgan fingerprint density at radius 1 is 1.20 bits per heavy atom. The second kappa shape index (κ2) is 7.66. The number of benzene rings is 1. The van der Waals surface area contributed by atoms with Gasteiger partial charge in [0.15, 0.2) is 0 Å². The summed E-state index contributed by atoms with van der Waals surface area (Å²) in [5, 5.41) is 10.5. The number of nitrogens with zero attached hydrogens (tertiary/aromatic N) is 2. The van der Waals surface area contributed by atoms with Gasteiger partial charge in [-0.3, -0.25) is 9.59 Å². The number of carbonyl (C=O) groups is 1. The summed E-state index contributed by atoms with van der Waals surface area (Å²) in [6.45, 7) is 1.23. The summed E-state index contributed by atoms with van der Waals surface area (Å²) in [6, 6.07) is 13.0. The Balaban J connectivity index is 1.56. The zero-order valence-electron chi connectivity index (χ0n) is 14.5. The van der Waals surface area contributed by atoms with Gasteiger partial charge in [0.25, 0.3) is 11.5 Å². The van der Waals surface area contributed by atoms with Crippen molar-refractivity contribution in [2.24, 2.45) is 13.0 Å². The molecule has 1 aliphatic rings. The molecule has 1 unspecified atom stereocenters. The molecule has 1 aliphatic heterocycles. The third kappa shape index (κ3) is 4.17. The number of aliphatic hydroxyl groups is 1. The van der Waals surface area contributed by atoms with Crippen molar-refractivity contribution in [2.75, 3.05) is 13.1 Å². The van der Waals surface area contributed by atoms with E-state index in [0.29, 0.717) is 25.1 Å². The van der Waals surface area contributed by atoms with Crippen LogP contribution in [0.4, 0.5) is 0 Å². The lowest BCUT2D eigenvalue weighted by Crippen LogP contribution is -2.42. The fourth-order valence-electron chi connectivity index (χ4n) is 3.37. The highest BCUT2D eigenvalue weighted by Crippen LogP contribution is 2.24. The van der Waals surface area contributed by atoms with Crippen molar-refractivity contribution in [1.29, 1.82) is 0 Å². The molecule has 0 aliphatic carbocycles. The van der Waals surface area contributed by atoms with E-state index in [1.54, 1.807) is 24.2 Å². The summed E-state index contributed by atoms with van der Waals surface area (Å²) in [7, 11) is 1.66. The van der Waals surface area contributed by atoms with E-state index < -0.39 is 0 Å². The lowest BCUT2D eigenvalue weighted by atomic mass is 9.88. The maximum atomic E-state index is 12.5. The molecule has 2 heterocycles. The number of likely N-dealkylation sites (tertiary alicyclic amines) is 1. The number of hydrogen-bond acceptors (Lipinski definition) is 3. The van der Waals surface area contributed by atoms with Gasteiger partial charge in [0, 0.05) is 38.0 Å². The zero-order valence-corrected chi connectivity index (χ0v) is 14.5. The molecular formula is C20H24N2O3. The maximum Gasteiger partial charge on any atom is 0.254 e. The molecule has 2 aromatic rings. The first kappa shape index (κ1) is 17.4. The van der Waals surface area contributed by atoms with Gasteiger partial charge in [0.2, 0.25) is 0 Å². The molecule has 1 saturated heterocycles. The van der Waals surface area contributed by atoms with Crippen molar-refractivity contribution < 1.29 is 9.90 Å². The minimum Gasteiger partial charge on any atom is -0.392 e. The molecule has 1 fully saturated rings. The van der Waals surface area contributed by atoms with Crippen molar-refractivity contribution in [1.82, 2.24) is 9.47 Å². The predicted molar refractivity (Wildman–Crippen MR) is 96.5 cm³/mol. The summed E-state index contributed by atoms with van der Waals surface area (Å²) in [4.78, 5) is 26.0. The highest BCUT2D eigenvalue weighted by atomic mass is 16.3. The lowest BCUT2D eigenvalue weighted by Gasteiger charge is -2.34. The second-order valence-corrected chi connectivity index (χ2v) is 6.75. The topological polar surface area (TPSA) is 62.5 Å². The van der Waals surface area contributed by atoms with Gasteiger partial charge in [-0.1, -0.05) is 30.3 Å². The standard InChI is InChI=1S/C20H24N2O3/c1-21-10-7-17(14-19(21)24)20(25)22-11-8-16(9-12-22)18(23)13-15-5-3-2-4-6-15/h2-7,10,14,16,18,23H,8-9,11-13H2,1H3. The van der Waals surface area contributed by atoms with E-state index in [2.05, 4.69) is 0 Å². The average Bonchev–Trinajstić information content (AvgIpc) is 2.64. The first-order valence-corrected chi connectivity index (χ1v) is 8.72. The number of carbonyl (C=O) groups excluding carboxylic acids is 1. The van der Waals surface area contributed by atoms with Crippen LogP contribution in [0, 0.1) is 5.92 Å². The van der Waals surface area contributed by atoms with Gasteiger partial charge in [-0.15, -0.1) is 0 Å². The van der Waals surface area contributed by atoms with Gasteiger partial charge < -0.3 is 14.6 Å². The second-order valence-electron chi connectivity index (χ2n) is 6.75. The highest BCUT2D eigenvalue weighted by Gasteiger charge is 2.28. The van der Waals surface area contributed by atoms with Gasteiger partial charge in [0.05, 0.1) is 6.10 Å². The molecule has 1 aromatic carbocycles. The van der Waals surface area contributed by atoms with E-state index in [-0.39, 0.29) is 23.5 Å². The van der Waals surface area contributed by atoms with Gasteiger partial charge in [-0.25, -0.2) is 0 Å². The molecule has 0 radical (unpaired) electrons. The minimum atomic E-state index is -0.385. The number of aromatic nitrogens is 1. The predicted octanol–water partition coefficient (Wildman–Crippen LogP) is 1.84. The maximum absolute atomic E-state index is 12.5. The van der Waals surface area contributed by atoms with Crippen LogP contribution in [0.25, 0.3) is 0 Å². The lowest BCUT2D eigenvalue weighted by molar-refractivity contribution is 0.0467. The van der Waals surface area contributed by atoms with E-state index in [9.17, 15) is 14.7 Å². The van der Waals surface area contributed by atoms with Crippen molar-refractivity contribution in [2.45, 2.75) is 25.4 Å². The first-order chi connectivity index (χ1) is 12.0. The Kier molecular flexibility index (Phi) is 5.34. The van der Waals surface area contributed by atoms with Gasteiger partial charge in [0.1, 0.15) is 0 Å². The smallest absolute Gasteiger partial charge is 0.254 e. The number of pyridine rings is 1. The van der Waals surface area contributed by atoms with Crippen molar-refractivity contribution in [3.8, 4) is 0 Å². The van der Waals surface area contributed by atoms with Gasteiger partial charge >= 0.3 is 0 Å². The molecule has 25 heavy (non-hydrogen) atoms.